The number of rotatable bonds is 7. The van der Waals surface area contributed by atoms with E-state index in [-0.39, 0.29) is 25.1 Å². The van der Waals surface area contributed by atoms with Crippen molar-refractivity contribution in [1.29, 1.82) is 0 Å². The highest BCUT2D eigenvalue weighted by molar-refractivity contribution is 7.90. The average Bonchev–Trinajstić information content (AvgIpc) is 2.13. The van der Waals surface area contributed by atoms with E-state index in [0.717, 1.165) is 6.26 Å². The molecule has 94 valence electrons. The zero-order valence-corrected chi connectivity index (χ0v) is 9.66. The monoisotopic (exact) mass is 253 g/mol. The van der Waals surface area contributed by atoms with Gasteiger partial charge in [0.25, 0.3) is 0 Å². The molecule has 0 aliphatic heterocycles. The molecule has 0 aliphatic rings. The Morgan fingerprint density at radius 2 is 1.94 bits per heavy atom. The summed E-state index contributed by atoms with van der Waals surface area (Å²) in [6.07, 6.45) is -0.772. The van der Waals surface area contributed by atoms with Crippen LogP contribution in [0.2, 0.25) is 0 Å². The number of aliphatic carboxylic acids is 1. The SMILES string of the molecule is CS(=O)(=O)CCC(=O)NCCC(O)C(=O)O. The van der Waals surface area contributed by atoms with E-state index >= 15 is 0 Å². The summed E-state index contributed by atoms with van der Waals surface area (Å²) in [7, 11) is -3.18. The number of hydrogen-bond donors (Lipinski definition) is 3. The van der Waals surface area contributed by atoms with E-state index in [1.165, 1.54) is 0 Å². The van der Waals surface area contributed by atoms with Crippen molar-refractivity contribution in [3.05, 3.63) is 0 Å². The summed E-state index contributed by atoms with van der Waals surface area (Å²) in [5, 5.41) is 19.5. The van der Waals surface area contributed by atoms with Crippen LogP contribution in [0.4, 0.5) is 0 Å². The van der Waals surface area contributed by atoms with Crippen LogP contribution in [0.1, 0.15) is 12.8 Å². The molecule has 7 nitrogen and oxygen atoms in total. The number of carbonyl (C=O) groups excluding carboxylic acids is 1. The molecule has 0 bridgehead atoms. The van der Waals surface area contributed by atoms with Crippen LogP contribution in [-0.4, -0.2) is 55.2 Å². The fourth-order valence-corrected chi connectivity index (χ4v) is 1.39. The van der Waals surface area contributed by atoms with Crippen molar-refractivity contribution in [2.24, 2.45) is 0 Å². The van der Waals surface area contributed by atoms with Gasteiger partial charge in [0.2, 0.25) is 5.91 Å². The third-order valence-corrected chi connectivity index (χ3v) is 2.67. The fraction of sp³-hybridized carbons (Fsp3) is 0.750. The molecule has 0 saturated heterocycles. The highest BCUT2D eigenvalue weighted by atomic mass is 32.2. The van der Waals surface area contributed by atoms with Crippen LogP contribution in [0.5, 0.6) is 0 Å². The molecule has 0 heterocycles. The first kappa shape index (κ1) is 14.8. The molecule has 0 fully saturated rings. The number of nitrogens with one attached hydrogen (secondary N) is 1. The van der Waals surface area contributed by atoms with E-state index in [2.05, 4.69) is 5.32 Å². The summed E-state index contributed by atoms with van der Waals surface area (Å²) in [5.41, 5.74) is 0. The van der Waals surface area contributed by atoms with E-state index in [1.807, 2.05) is 0 Å². The van der Waals surface area contributed by atoms with Gasteiger partial charge in [-0.15, -0.1) is 0 Å². The van der Waals surface area contributed by atoms with E-state index in [9.17, 15) is 18.0 Å². The first-order chi connectivity index (χ1) is 7.22. The lowest BCUT2D eigenvalue weighted by Crippen LogP contribution is -2.30. The van der Waals surface area contributed by atoms with Crippen molar-refractivity contribution in [2.75, 3.05) is 18.6 Å². The van der Waals surface area contributed by atoms with Crippen LogP contribution in [0.3, 0.4) is 0 Å². The normalized spacial score (nSPS) is 13.1. The number of sulfone groups is 1. The van der Waals surface area contributed by atoms with Gasteiger partial charge < -0.3 is 15.5 Å². The van der Waals surface area contributed by atoms with Crippen molar-refractivity contribution in [2.45, 2.75) is 18.9 Å². The maximum Gasteiger partial charge on any atom is 0.332 e. The summed E-state index contributed by atoms with van der Waals surface area (Å²) in [4.78, 5) is 21.2. The van der Waals surface area contributed by atoms with E-state index in [4.69, 9.17) is 10.2 Å². The van der Waals surface area contributed by atoms with Crippen LogP contribution in [0.15, 0.2) is 0 Å². The Balaban J connectivity index is 3.71. The molecule has 0 spiro atoms. The second kappa shape index (κ2) is 6.44. The van der Waals surface area contributed by atoms with E-state index in [1.54, 1.807) is 0 Å². The van der Waals surface area contributed by atoms with E-state index < -0.39 is 27.8 Å². The number of amides is 1. The average molecular weight is 253 g/mol. The number of carboxylic acids is 1. The third-order valence-electron chi connectivity index (χ3n) is 1.72. The number of carboxylic acid groups (broad SMARTS) is 1. The minimum atomic E-state index is -3.18. The maximum atomic E-state index is 11.0. The number of hydrogen-bond acceptors (Lipinski definition) is 5. The van der Waals surface area contributed by atoms with Crippen molar-refractivity contribution < 1.29 is 28.2 Å². The molecule has 0 aromatic heterocycles. The van der Waals surface area contributed by atoms with Crippen LogP contribution in [-0.2, 0) is 19.4 Å². The van der Waals surface area contributed by atoms with Gasteiger partial charge in [-0.1, -0.05) is 0 Å². The van der Waals surface area contributed by atoms with Gasteiger partial charge in [0, 0.05) is 25.6 Å². The van der Waals surface area contributed by atoms with Gasteiger partial charge in [0.1, 0.15) is 9.84 Å². The number of carbonyl (C=O) groups is 2. The van der Waals surface area contributed by atoms with Gasteiger partial charge >= 0.3 is 5.97 Å². The van der Waals surface area contributed by atoms with Crippen LogP contribution in [0.25, 0.3) is 0 Å². The summed E-state index contributed by atoms with van der Waals surface area (Å²) >= 11 is 0. The Hall–Kier alpha value is -1.15. The number of aliphatic hydroxyl groups excluding tert-OH is 1. The van der Waals surface area contributed by atoms with Gasteiger partial charge in [-0.2, -0.15) is 0 Å². The number of aliphatic hydroxyl groups is 1. The third kappa shape index (κ3) is 8.18. The Kier molecular flexibility index (Phi) is 5.97. The Morgan fingerprint density at radius 1 is 1.38 bits per heavy atom. The van der Waals surface area contributed by atoms with Gasteiger partial charge in [-0.3, -0.25) is 4.79 Å². The molecule has 1 atom stereocenters. The standard InChI is InChI=1S/C8H15NO6S/c1-16(14,15)5-3-7(11)9-4-2-6(10)8(12)13/h6,10H,2-5H2,1H3,(H,9,11)(H,12,13). The minimum absolute atomic E-state index is 0.00391. The molecule has 8 heteroatoms. The van der Waals surface area contributed by atoms with Crippen molar-refractivity contribution in [3.63, 3.8) is 0 Å². The molecule has 0 aromatic carbocycles. The summed E-state index contributed by atoms with van der Waals surface area (Å²) in [5.74, 6) is -2.09. The molecule has 1 unspecified atom stereocenters. The highest BCUT2D eigenvalue weighted by Gasteiger charge is 2.13. The zero-order chi connectivity index (χ0) is 12.8. The minimum Gasteiger partial charge on any atom is -0.479 e. The summed E-state index contributed by atoms with van der Waals surface area (Å²) in [6.45, 7) is -0.00391. The van der Waals surface area contributed by atoms with Crippen molar-refractivity contribution in [1.82, 2.24) is 5.32 Å². The molecule has 0 radical (unpaired) electrons. The topological polar surface area (TPSA) is 121 Å². The lowest BCUT2D eigenvalue weighted by molar-refractivity contribution is -0.147. The summed E-state index contributed by atoms with van der Waals surface area (Å²) < 4.78 is 21.4. The Morgan fingerprint density at radius 3 is 2.38 bits per heavy atom. The predicted molar refractivity (Wildman–Crippen MR) is 55.6 cm³/mol. The van der Waals surface area contributed by atoms with Gasteiger partial charge in [0.15, 0.2) is 6.10 Å². The van der Waals surface area contributed by atoms with Crippen LogP contribution >= 0.6 is 0 Å². The fourth-order valence-electron chi connectivity index (χ4n) is 0.838. The van der Waals surface area contributed by atoms with Crippen LogP contribution < -0.4 is 5.32 Å². The second-order valence-electron chi connectivity index (χ2n) is 3.37. The highest BCUT2D eigenvalue weighted by Crippen LogP contribution is 1.92. The van der Waals surface area contributed by atoms with Gasteiger partial charge in [-0.25, -0.2) is 13.2 Å². The molecule has 0 aliphatic carbocycles. The molecular formula is C8H15NO6S. The smallest absolute Gasteiger partial charge is 0.332 e. The van der Waals surface area contributed by atoms with Crippen molar-refractivity contribution in [3.8, 4) is 0 Å². The van der Waals surface area contributed by atoms with Crippen molar-refractivity contribution >= 4 is 21.7 Å². The van der Waals surface area contributed by atoms with Crippen LogP contribution in [0, 0.1) is 0 Å². The maximum absolute atomic E-state index is 11.0. The Labute approximate surface area is 93.4 Å². The molecule has 0 saturated carbocycles. The van der Waals surface area contributed by atoms with Gasteiger partial charge in [0.05, 0.1) is 5.75 Å². The quantitative estimate of drug-likeness (QED) is 0.501. The van der Waals surface area contributed by atoms with E-state index in [0.29, 0.717) is 0 Å². The second-order valence-corrected chi connectivity index (χ2v) is 5.63. The molecule has 3 N–H and O–H groups in total. The summed E-state index contributed by atoms with van der Waals surface area (Å²) in [6, 6.07) is 0. The molecule has 0 aromatic rings. The first-order valence-electron chi connectivity index (χ1n) is 4.57. The lowest BCUT2D eigenvalue weighted by Gasteiger charge is -2.06. The molecule has 0 rings (SSSR count). The largest absolute Gasteiger partial charge is 0.479 e. The predicted octanol–water partition coefficient (Wildman–Crippen LogP) is -1.63. The molecule has 1 amide bonds. The first-order valence-corrected chi connectivity index (χ1v) is 6.63. The zero-order valence-electron chi connectivity index (χ0n) is 8.84. The molecular weight excluding hydrogens is 238 g/mol. The Bertz CT molecular complexity index is 350. The molecule has 16 heavy (non-hydrogen) atoms. The van der Waals surface area contributed by atoms with Gasteiger partial charge in [-0.05, 0) is 0 Å². The lowest BCUT2D eigenvalue weighted by atomic mass is 10.2.